The summed E-state index contributed by atoms with van der Waals surface area (Å²) in [6.07, 6.45) is -3.30. The van der Waals surface area contributed by atoms with Gasteiger partial charge in [0.15, 0.2) is 5.76 Å². The lowest BCUT2D eigenvalue weighted by Crippen LogP contribution is -2.21. The van der Waals surface area contributed by atoms with Gasteiger partial charge in [-0.1, -0.05) is 12.1 Å². The van der Waals surface area contributed by atoms with E-state index in [4.69, 9.17) is 4.42 Å². The predicted molar refractivity (Wildman–Crippen MR) is 104 cm³/mol. The highest BCUT2D eigenvalue weighted by Gasteiger charge is 2.35. The quantitative estimate of drug-likeness (QED) is 0.513. The number of carbonyl (C=O) groups is 1. The Bertz CT molecular complexity index is 1310. The van der Waals surface area contributed by atoms with Gasteiger partial charge in [-0.3, -0.25) is 14.6 Å². The fraction of sp³-hybridized carbons (Fsp3) is 0.100. The van der Waals surface area contributed by atoms with Crippen molar-refractivity contribution in [1.29, 1.82) is 0 Å². The average molecular weight is 429 g/mol. The maximum atomic E-state index is 13.3. The number of furan rings is 1. The van der Waals surface area contributed by atoms with Crippen molar-refractivity contribution in [2.24, 2.45) is 0 Å². The van der Waals surface area contributed by atoms with Crippen molar-refractivity contribution in [3.8, 4) is 17.4 Å². The predicted octanol–water partition coefficient (Wildman–Crippen LogP) is 3.80. The third kappa shape index (κ3) is 4.10. The Hall–Kier alpha value is -4.15. The molecule has 0 spiro atoms. The van der Waals surface area contributed by atoms with E-state index in [1.807, 2.05) is 0 Å². The molecule has 158 valence electrons. The van der Waals surface area contributed by atoms with E-state index < -0.39 is 28.8 Å². The maximum Gasteiger partial charge on any atom is 0.417 e. The molecule has 0 aliphatic heterocycles. The summed E-state index contributed by atoms with van der Waals surface area (Å²) in [6.45, 7) is 1.59. The van der Waals surface area contributed by atoms with E-state index in [2.05, 4.69) is 20.4 Å². The van der Waals surface area contributed by atoms with Gasteiger partial charge in [-0.15, -0.1) is 0 Å². The van der Waals surface area contributed by atoms with Crippen molar-refractivity contribution in [2.75, 3.05) is 5.32 Å². The third-order valence-electron chi connectivity index (χ3n) is 4.26. The van der Waals surface area contributed by atoms with Crippen molar-refractivity contribution in [1.82, 2.24) is 19.7 Å². The maximum absolute atomic E-state index is 13.3. The number of rotatable bonds is 4. The van der Waals surface area contributed by atoms with Gasteiger partial charge in [0.05, 0.1) is 17.4 Å². The lowest BCUT2D eigenvalue weighted by molar-refractivity contribution is -0.137. The second kappa shape index (κ2) is 7.59. The van der Waals surface area contributed by atoms with Gasteiger partial charge in [0.25, 0.3) is 11.5 Å². The summed E-state index contributed by atoms with van der Waals surface area (Å²) in [5.41, 5.74) is -1.45. The number of amides is 1. The lowest BCUT2D eigenvalue weighted by Gasteiger charge is -2.13. The average Bonchev–Trinajstić information content (AvgIpc) is 3.36. The van der Waals surface area contributed by atoms with E-state index in [1.54, 1.807) is 19.1 Å². The molecule has 0 aliphatic rings. The molecule has 0 aliphatic carbocycles. The smallest absolute Gasteiger partial charge is 0.417 e. The van der Waals surface area contributed by atoms with E-state index in [0.717, 1.165) is 16.8 Å². The largest absolute Gasteiger partial charge is 0.463 e. The number of benzene rings is 1. The molecule has 0 fully saturated rings. The number of alkyl halides is 3. The first-order valence-corrected chi connectivity index (χ1v) is 8.92. The van der Waals surface area contributed by atoms with E-state index in [9.17, 15) is 22.8 Å². The van der Waals surface area contributed by atoms with Crippen LogP contribution in [0.3, 0.4) is 0 Å². The van der Waals surface area contributed by atoms with Gasteiger partial charge in [0.2, 0.25) is 5.95 Å². The minimum Gasteiger partial charge on any atom is -0.463 e. The molecule has 31 heavy (non-hydrogen) atoms. The Morgan fingerprint density at radius 2 is 1.94 bits per heavy atom. The van der Waals surface area contributed by atoms with Crippen LogP contribution < -0.4 is 10.9 Å². The highest BCUT2D eigenvalue weighted by atomic mass is 19.4. The first-order chi connectivity index (χ1) is 14.7. The topological polar surface area (TPSA) is 106 Å². The molecule has 0 unspecified atom stereocenters. The molecule has 0 bridgehead atoms. The van der Waals surface area contributed by atoms with Crippen LogP contribution in [-0.2, 0) is 6.18 Å². The Morgan fingerprint density at radius 3 is 2.61 bits per heavy atom. The minimum atomic E-state index is -4.71. The summed E-state index contributed by atoms with van der Waals surface area (Å²) in [5.74, 6) is -0.695. The molecular formula is C20H14F3N5O3. The third-order valence-corrected chi connectivity index (χ3v) is 4.26. The molecule has 0 saturated heterocycles. The van der Waals surface area contributed by atoms with Gasteiger partial charge in [-0.25, -0.2) is 4.98 Å². The van der Waals surface area contributed by atoms with Crippen LogP contribution >= 0.6 is 0 Å². The second-order valence-electron chi connectivity index (χ2n) is 6.51. The molecule has 1 amide bonds. The normalized spacial score (nSPS) is 11.5. The molecule has 0 radical (unpaired) electrons. The highest BCUT2D eigenvalue weighted by molar-refractivity contribution is 6.05. The molecule has 0 saturated carbocycles. The fourth-order valence-electron chi connectivity index (χ4n) is 2.95. The van der Waals surface area contributed by atoms with E-state index >= 15 is 0 Å². The summed E-state index contributed by atoms with van der Waals surface area (Å²) in [5, 5.41) is 6.69. The summed E-state index contributed by atoms with van der Waals surface area (Å²) in [7, 11) is 0. The van der Waals surface area contributed by atoms with Gasteiger partial charge in [0.1, 0.15) is 11.5 Å². The molecule has 3 heterocycles. The SMILES string of the molecule is Cc1cc(=O)[nH]c(-n2nc(-c3ccco3)cc2NC(=O)c2ccccc2C(F)(F)F)n1. The summed E-state index contributed by atoms with van der Waals surface area (Å²) in [4.78, 5) is 31.3. The Balaban J connectivity index is 1.80. The Labute approximate surface area is 172 Å². The molecule has 4 rings (SSSR count). The number of anilines is 1. The van der Waals surface area contributed by atoms with Gasteiger partial charge in [-0.05, 0) is 31.2 Å². The zero-order valence-corrected chi connectivity index (χ0v) is 15.9. The van der Waals surface area contributed by atoms with E-state index in [-0.39, 0.29) is 17.5 Å². The van der Waals surface area contributed by atoms with Crippen molar-refractivity contribution in [3.63, 3.8) is 0 Å². The monoisotopic (exact) mass is 429 g/mol. The van der Waals surface area contributed by atoms with Gasteiger partial charge >= 0.3 is 6.18 Å². The van der Waals surface area contributed by atoms with Gasteiger partial charge in [0, 0.05) is 17.8 Å². The Kier molecular flexibility index (Phi) is 4.93. The summed E-state index contributed by atoms with van der Waals surface area (Å²) in [6, 6.07) is 10.3. The van der Waals surface area contributed by atoms with Gasteiger partial charge < -0.3 is 9.73 Å². The van der Waals surface area contributed by atoms with Crippen LogP contribution in [0.4, 0.5) is 19.0 Å². The van der Waals surface area contributed by atoms with Crippen molar-refractivity contribution < 1.29 is 22.4 Å². The molecule has 3 aromatic heterocycles. The Morgan fingerprint density at radius 1 is 1.16 bits per heavy atom. The zero-order valence-electron chi connectivity index (χ0n) is 15.9. The van der Waals surface area contributed by atoms with Crippen LogP contribution in [0.2, 0.25) is 0 Å². The molecule has 4 aromatic rings. The first kappa shape index (κ1) is 20.1. The second-order valence-corrected chi connectivity index (χ2v) is 6.51. The fourth-order valence-corrected chi connectivity index (χ4v) is 2.95. The molecular weight excluding hydrogens is 415 g/mol. The number of hydrogen-bond acceptors (Lipinski definition) is 5. The summed E-state index contributed by atoms with van der Waals surface area (Å²) < 4.78 is 46.3. The van der Waals surface area contributed by atoms with Gasteiger partial charge in [-0.2, -0.15) is 23.0 Å². The molecule has 2 N–H and O–H groups in total. The molecule has 0 atom stereocenters. The highest BCUT2D eigenvalue weighted by Crippen LogP contribution is 2.32. The number of aromatic nitrogens is 4. The molecule has 8 nitrogen and oxygen atoms in total. The first-order valence-electron chi connectivity index (χ1n) is 8.92. The van der Waals surface area contributed by atoms with Crippen molar-refractivity contribution >= 4 is 11.7 Å². The van der Waals surface area contributed by atoms with Crippen LogP contribution in [0, 0.1) is 6.92 Å². The standard InChI is InChI=1S/C20H14F3N5O3/c1-11-9-17(29)26-19(24-11)28-16(10-14(27-28)15-7-4-8-31-15)25-18(30)12-5-2-3-6-13(12)20(21,22)23/h2-10H,1H3,(H,25,30)(H,24,26,29). The number of aryl methyl sites for hydroxylation is 1. The number of nitrogens with zero attached hydrogens (tertiary/aromatic N) is 3. The minimum absolute atomic E-state index is 0.0119. The van der Waals surface area contributed by atoms with E-state index in [1.165, 1.54) is 30.5 Å². The molecule has 11 heteroatoms. The number of halogens is 3. The number of carbonyl (C=O) groups excluding carboxylic acids is 1. The number of hydrogen-bond donors (Lipinski definition) is 2. The lowest BCUT2D eigenvalue weighted by atomic mass is 10.1. The number of nitrogens with one attached hydrogen (secondary N) is 2. The van der Waals surface area contributed by atoms with Crippen molar-refractivity contribution in [2.45, 2.75) is 13.1 Å². The van der Waals surface area contributed by atoms with Crippen LogP contribution in [0.15, 0.2) is 64.0 Å². The van der Waals surface area contributed by atoms with Crippen LogP contribution in [0.1, 0.15) is 21.6 Å². The van der Waals surface area contributed by atoms with Crippen LogP contribution in [-0.4, -0.2) is 25.7 Å². The van der Waals surface area contributed by atoms with Crippen LogP contribution in [0.5, 0.6) is 0 Å². The molecule has 1 aromatic carbocycles. The summed E-state index contributed by atoms with van der Waals surface area (Å²) >= 11 is 0. The van der Waals surface area contributed by atoms with E-state index in [0.29, 0.717) is 11.5 Å². The van der Waals surface area contributed by atoms with Crippen LogP contribution in [0.25, 0.3) is 17.4 Å². The number of H-pyrrole nitrogens is 1. The van der Waals surface area contributed by atoms with Crippen molar-refractivity contribution in [3.05, 3.63) is 82.0 Å². The number of aromatic amines is 1. The zero-order chi connectivity index (χ0) is 22.2.